The van der Waals surface area contributed by atoms with Crippen LogP contribution in [0.3, 0.4) is 0 Å². The van der Waals surface area contributed by atoms with E-state index in [2.05, 4.69) is 26.0 Å². The van der Waals surface area contributed by atoms with E-state index in [4.69, 9.17) is 0 Å². The Morgan fingerprint density at radius 2 is 1.77 bits per heavy atom. The molecule has 1 aliphatic rings. The minimum Gasteiger partial charge on any atom is -0.352 e. The van der Waals surface area contributed by atoms with Crippen molar-refractivity contribution in [1.82, 2.24) is 10.0 Å². The van der Waals surface area contributed by atoms with Gasteiger partial charge in [0.05, 0.1) is 3.79 Å². The van der Waals surface area contributed by atoms with Crippen molar-refractivity contribution in [3.8, 4) is 0 Å². The number of sulfonamides is 1. The molecule has 26 heavy (non-hydrogen) atoms. The summed E-state index contributed by atoms with van der Waals surface area (Å²) in [6.45, 7) is 0. The van der Waals surface area contributed by atoms with Gasteiger partial charge in [-0.3, -0.25) is 4.79 Å². The molecule has 1 fully saturated rings. The molecule has 1 aromatic heterocycles. The highest BCUT2D eigenvalue weighted by Crippen LogP contribution is 2.27. The van der Waals surface area contributed by atoms with Crippen LogP contribution >= 0.6 is 27.3 Å². The fourth-order valence-corrected chi connectivity index (χ4v) is 6.32. The second kappa shape index (κ2) is 8.65. The largest absolute Gasteiger partial charge is 0.352 e. The summed E-state index contributed by atoms with van der Waals surface area (Å²) >= 11 is 4.39. The monoisotopic (exact) mass is 456 g/mol. The number of carbonyl (C=O) groups excluding carboxylic acids is 1. The number of amides is 1. The molecule has 0 unspecified atom stereocenters. The summed E-state index contributed by atoms with van der Waals surface area (Å²) in [4.78, 5) is 12.9. The molecule has 8 heteroatoms. The van der Waals surface area contributed by atoms with Crippen LogP contribution in [0.5, 0.6) is 0 Å². The predicted molar refractivity (Wildman–Crippen MR) is 107 cm³/mol. The Hall–Kier alpha value is -1.22. The van der Waals surface area contributed by atoms with Crippen molar-refractivity contribution in [3.05, 3.63) is 51.8 Å². The Morgan fingerprint density at radius 1 is 1.08 bits per heavy atom. The van der Waals surface area contributed by atoms with E-state index in [-0.39, 0.29) is 16.2 Å². The van der Waals surface area contributed by atoms with Gasteiger partial charge in [-0.05, 0) is 46.5 Å². The van der Waals surface area contributed by atoms with Crippen molar-refractivity contribution in [3.63, 3.8) is 0 Å². The van der Waals surface area contributed by atoms with Crippen LogP contribution in [0.1, 0.15) is 43.7 Å². The number of benzene rings is 1. The molecule has 1 amide bonds. The van der Waals surface area contributed by atoms with Gasteiger partial charge in [0.15, 0.2) is 0 Å². The fraction of sp³-hybridized carbons (Fsp3) is 0.389. The number of hydrogen-bond donors (Lipinski definition) is 2. The van der Waals surface area contributed by atoms with Crippen LogP contribution in [0.15, 0.2) is 50.5 Å². The zero-order valence-corrected chi connectivity index (χ0v) is 17.4. The minimum absolute atomic E-state index is 0.114. The number of thiophene rings is 1. The zero-order chi connectivity index (χ0) is 18.6. The maximum atomic E-state index is 12.9. The van der Waals surface area contributed by atoms with Gasteiger partial charge in [0.2, 0.25) is 5.91 Å². The molecule has 2 aromatic rings. The quantitative estimate of drug-likeness (QED) is 0.689. The fourth-order valence-electron chi connectivity index (χ4n) is 3.11. The van der Waals surface area contributed by atoms with Crippen LogP contribution in [0.2, 0.25) is 0 Å². The molecule has 1 heterocycles. The summed E-state index contributed by atoms with van der Waals surface area (Å²) in [5.41, 5.74) is 0.625. The van der Waals surface area contributed by atoms with Gasteiger partial charge in [-0.1, -0.05) is 49.6 Å². The van der Waals surface area contributed by atoms with Gasteiger partial charge in [0.1, 0.15) is 10.3 Å². The summed E-state index contributed by atoms with van der Waals surface area (Å²) in [6.07, 6.45) is 5.26. The van der Waals surface area contributed by atoms with E-state index in [0.29, 0.717) is 5.56 Å². The zero-order valence-electron chi connectivity index (χ0n) is 14.2. The molecule has 0 saturated heterocycles. The van der Waals surface area contributed by atoms with Crippen LogP contribution in [-0.4, -0.2) is 20.4 Å². The lowest BCUT2D eigenvalue weighted by Gasteiger charge is -2.26. The van der Waals surface area contributed by atoms with E-state index in [9.17, 15) is 13.2 Å². The third kappa shape index (κ3) is 4.94. The predicted octanol–water partition coefficient (Wildman–Crippen LogP) is 3.98. The SMILES string of the molecule is O=C(NC1CCCCC1)[C@H](NS(=O)(=O)c1ccc(Br)s1)c1ccccc1. The van der Waals surface area contributed by atoms with Gasteiger partial charge in [-0.2, -0.15) is 4.72 Å². The Labute approximate surface area is 166 Å². The van der Waals surface area contributed by atoms with Crippen LogP contribution in [0.25, 0.3) is 0 Å². The van der Waals surface area contributed by atoms with Crippen molar-refractivity contribution in [2.45, 2.75) is 48.4 Å². The van der Waals surface area contributed by atoms with Gasteiger partial charge in [-0.25, -0.2) is 8.42 Å². The van der Waals surface area contributed by atoms with Crippen molar-refractivity contribution in [2.75, 3.05) is 0 Å². The van der Waals surface area contributed by atoms with E-state index in [1.54, 1.807) is 30.3 Å². The second-order valence-electron chi connectivity index (χ2n) is 6.37. The average molecular weight is 457 g/mol. The Bertz CT molecular complexity index is 846. The van der Waals surface area contributed by atoms with Crippen molar-refractivity contribution in [1.29, 1.82) is 0 Å². The topological polar surface area (TPSA) is 75.3 Å². The number of carbonyl (C=O) groups is 1. The second-order valence-corrected chi connectivity index (χ2v) is 10.8. The lowest BCUT2D eigenvalue weighted by molar-refractivity contribution is -0.123. The van der Waals surface area contributed by atoms with Gasteiger partial charge in [0, 0.05) is 6.04 Å². The van der Waals surface area contributed by atoms with Crippen LogP contribution < -0.4 is 10.0 Å². The lowest BCUT2D eigenvalue weighted by Crippen LogP contribution is -2.44. The molecular weight excluding hydrogens is 436 g/mol. The highest BCUT2D eigenvalue weighted by Gasteiger charge is 2.29. The van der Waals surface area contributed by atoms with Gasteiger partial charge in [0.25, 0.3) is 10.0 Å². The molecule has 140 valence electrons. The molecule has 0 bridgehead atoms. The first-order valence-electron chi connectivity index (χ1n) is 8.59. The first-order chi connectivity index (χ1) is 12.5. The Morgan fingerprint density at radius 3 is 2.38 bits per heavy atom. The molecule has 0 aliphatic heterocycles. The Balaban J connectivity index is 1.82. The summed E-state index contributed by atoms with van der Waals surface area (Å²) in [6, 6.07) is 11.3. The average Bonchev–Trinajstić information content (AvgIpc) is 3.09. The molecule has 0 radical (unpaired) electrons. The summed E-state index contributed by atoms with van der Waals surface area (Å²) in [5.74, 6) is -0.303. The summed E-state index contributed by atoms with van der Waals surface area (Å²) in [5, 5.41) is 3.02. The third-order valence-electron chi connectivity index (χ3n) is 4.43. The molecule has 0 spiro atoms. The summed E-state index contributed by atoms with van der Waals surface area (Å²) < 4.78 is 28.9. The number of nitrogens with one attached hydrogen (secondary N) is 2. The van der Waals surface area contributed by atoms with E-state index < -0.39 is 16.1 Å². The molecule has 5 nitrogen and oxygen atoms in total. The molecule has 1 aromatic carbocycles. The highest BCUT2D eigenvalue weighted by atomic mass is 79.9. The molecule has 3 rings (SSSR count). The molecule has 1 saturated carbocycles. The number of hydrogen-bond acceptors (Lipinski definition) is 4. The highest BCUT2D eigenvalue weighted by molar-refractivity contribution is 9.11. The van der Waals surface area contributed by atoms with Crippen LogP contribution in [0.4, 0.5) is 0 Å². The number of rotatable bonds is 6. The molecule has 1 aliphatic carbocycles. The first kappa shape index (κ1) is 19.5. The summed E-state index contributed by atoms with van der Waals surface area (Å²) in [7, 11) is -3.79. The number of halogens is 1. The maximum absolute atomic E-state index is 12.9. The minimum atomic E-state index is -3.79. The van der Waals surface area contributed by atoms with Crippen molar-refractivity contribution >= 4 is 43.2 Å². The van der Waals surface area contributed by atoms with Crippen LogP contribution in [-0.2, 0) is 14.8 Å². The molecule has 1 atom stereocenters. The van der Waals surface area contributed by atoms with Crippen molar-refractivity contribution in [2.24, 2.45) is 0 Å². The van der Waals surface area contributed by atoms with Crippen molar-refractivity contribution < 1.29 is 13.2 Å². The van der Waals surface area contributed by atoms with Gasteiger partial charge < -0.3 is 5.32 Å². The smallest absolute Gasteiger partial charge is 0.251 e. The molecular formula is C18H21BrN2O3S2. The maximum Gasteiger partial charge on any atom is 0.251 e. The Kier molecular flexibility index (Phi) is 6.50. The van der Waals surface area contributed by atoms with E-state index in [0.717, 1.165) is 40.8 Å². The van der Waals surface area contributed by atoms with E-state index in [1.165, 1.54) is 12.5 Å². The standard InChI is InChI=1S/C18H21BrN2O3S2/c19-15-11-12-16(25-15)26(23,24)21-17(13-7-3-1-4-8-13)18(22)20-14-9-5-2-6-10-14/h1,3-4,7-8,11-12,14,17,21H,2,5-6,9-10H2,(H,20,22)/t17-/m1/s1. The third-order valence-corrected chi connectivity index (χ3v) is 7.97. The molecule has 2 N–H and O–H groups in total. The van der Waals surface area contributed by atoms with Gasteiger partial charge >= 0.3 is 0 Å². The first-order valence-corrected chi connectivity index (χ1v) is 11.7. The van der Waals surface area contributed by atoms with E-state index in [1.807, 2.05) is 6.07 Å². The van der Waals surface area contributed by atoms with E-state index >= 15 is 0 Å². The normalized spacial score (nSPS) is 17.0. The van der Waals surface area contributed by atoms with Crippen LogP contribution in [0, 0.1) is 0 Å². The lowest BCUT2D eigenvalue weighted by atomic mass is 9.95. The van der Waals surface area contributed by atoms with Gasteiger partial charge in [-0.15, -0.1) is 11.3 Å².